The molecule has 0 aliphatic carbocycles. The second-order valence-corrected chi connectivity index (χ2v) is 6.30. The molecule has 0 radical (unpaired) electrons. The standard InChI is InChI=1S/C14H19BrFNO/c1-9(2)14(3,4)8-17-13(18)11-7-10(16)5-6-12(11)15/h5-7,9H,8H2,1-4H3,(H,17,18). The largest absolute Gasteiger partial charge is 0.351 e. The van der Waals surface area contributed by atoms with E-state index in [0.29, 0.717) is 22.5 Å². The van der Waals surface area contributed by atoms with Crippen molar-refractivity contribution < 1.29 is 9.18 Å². The second kappa shape index (κ2) is 5.83. The summed E-state index contributed by atoms with van der Waals surface area (Å²) in [6.07, 6.45) is 0. The van der Waals surface area contributed by atoms with E-state index in [-0.39, 0.29) is 11.3 Å². The predicted octanol–water partition coefficient (Wildman–Crippen LogP) is 4.00. The molecular formula is C14H19BrFNO. The quantitative estimate of drug-likeness (QED) is 0.894. The minimum Gasteiger partial charge on any atom is -0.351 e. The van der Waals surface area contributed by atoms with Crippen molar-refractivity contribution in [2.75, 3.05) is 6.54 Å². The molecule has 0 atom stereocenters. The lowest BCUT2D eigenvalue weighted by Gasteiger charge is -2.29. The molecule has 100 valence electrons. The van der Waals surface area contributed by atoms with Crippen molar-refractivity contribution in [2.45, 2.75) is 27.7 Å². The highest BCUT2D eigenvalue weighted by Gasteiger charge is 2.23. The molecular weight excluding hydrogens is 297 g/mol. The molecule has 2 nitrogen and oxygen atoms in total. The molecule has 0 spiro atoms. The maximum atomic E-state index is 13.1. The molecule has 1 rings (SSSR count). The average molecular weight is 316 g/mol. The Bertz CT molecular complexity index is 443. The van der Waals surface area contributed by atoms with Gasteiger partial charge in [0.05, 0.1) is 5.56 Å². The van der Waals surface area contributed by atoms with Crippen LogP contribution in [0.4, 0.5) is 4.39 Å². The Labute approximate surface area is 116 Å². The fourth-order valence-corrected chi connectivity index (χ4v) is 1.71. The first-order valence-electron chi connectivity index (χ1n) is 5.97. The zero-order valence-electron chi connectivity index (χ0n) is 11.2. The van der Waals surface area contributed by atoms with Gasteiger partial charge in [-0.05, 0) is 45.5 Å². The molecule has 4 heteroatoms. The van der Waals surface area contributed by atoms with Crippen LogP contribution >= 0.6 is 15.9 Å². The first kappa shape index (κ1) is 15.2. The van der Waals surface area contributed by atoms with Gasteiger partial charge in [-0.15, -0.1) is 0 Å². The number of nitrogens with one attached hydrogen (secondary N) is 1. The molecule has 18 heavy (non-hydrogen) atoms. The SMILES string of the molecule is CC(C)C(C)(C)CNC(=O)c1cc(F)ccc1Br. The Hall–Kier alpha value is -0.900. The van der Waals surface area contributed by atoms with Crippen molar-refractivity contribution in [3.05, 3.63) is 34.1 Å². The van der Waals surface area contributed by atoms with Crippen molar-refractivity contribution in [3.8, 4) is 0 Å². The maximum Gasteiger partial charge on any atom is 0.252 e. The van der Waals surface area contributed by atoms with E-state index in [0.717, 1.165) is 0 Å². The van der Waals surface area contributed by atoms with Crippen LogP contribution in [-0.4, -0.2) is 12.5 Å². The van der Waals surface area contributed by atoms with Crippen LogP contribution in [0.25, 0.3) is 0 Å². The van der Waals surface area contributed by atoms with Crippen LogP contribution in [-0.2, 0) is 0 Å². The van der Waals surface area contributed by atoms with Crippen molar-refractivity contribution in [3.63, 3.8) is 0 Å². The molecule has 0 saturated carbocycles. The molecule has 1 N–H and O–H groups in total. The van der Waals surface area contributed by atoms with Crippen LogP contribution in [0.5, 0.6) is 0 Å². The Morgan fingerprint density at radius 3 is 2.61 bits per heavy atom. The predicted molar refractivity (Wildman–Crippen MR) is 75.1 cm³/mol. The third-order valence-corrected chi connectivity index (χ3v) is 4.13. The molecule has 0 bridgehead atoms. The van der Waals surface area contributed by atoms with E-state index in [1.165, 1.54) is 18.2 Å². The van der Waals surface area contributed by atoms with Crippen LogP contribution in [0.2, 0.25) is 0 Å². The number of halogens is 2. The van der Waals surface area contributed by atoms with Crippen LogP contribution in [0, 0.1) is 17.2 Å². The Kier molecular flexibility index (Phi) is 4.91. The minimum absolute atomic E-state index is 0.00939. The van der Waals surface area contributed by atoms with Crippen molar-refractivity contribution >= 4 is 21.8 Å². The third-order valence-electron chi connectivity index (χ3n) is 3.44. The van der Waals surface area contributed by atoms with E-state index < -0.39 is 5.82 Å². The first-order valence-corrected chi connectivity index (χ1v) is 6.76. The van der Waals surface area contributed by atoms with E-state index in [2.05, 4.69) is 48.9 Å². The number of carbonyl (C=O) groups is 1. The number of carbonyl (C=O) groups excluding carboxylic acids is 1. The van der Waals surface area contributed by atoms with E-state index in [1.54, 1.807) is 0 Å². The molecule has 0 saturated heterocycles. The molecule has 0 aromatic heterocycles. The second-order valence-electron chi connectivity index (χ2n) is 5.45. The molecule has 0 unspecified atom stereocenters. The van der Waals surface area contributed by atoms with Gasteiger partial charge in [-0.1, -0.05) is 27.7 Å². The smallest absolute Gasteiger partial charge is 0.252 e. The molecule has 1 aromatic carbocycles. The summed E-state index contributed by atoms with van der Waals surface area (Å²) in [5.41, 5.74) is 0.338. The highest BCUT2D eigenvalue weighted by Crippen LogP contribution is 2.25. The van der Waals surface area contributed by atoms with Gasteiger partial charge in [0, 0.05) is 11.0 Å². The molecule has 1 aromatic rings. The van der Waals surface area contributed by atoms with E-state index in [1.807, 2.05) is 0 Å². The van der Waals surface area contributed by atoms with E-state index >= 15 is 0 Å². The summed E-state index contributed by atoms with van der Waals surface area (Å²) in [5.74, 6) is -0.213. The van der Waals surface area contributed by atoms with Gasteiger partial charge in [-0.3, -0.25) is 4.79 Å². The molecule has 0 aliphatic rings. The fraction of sp³-hybridized carbons (Fsp3) is 0.500. The van der Waals surface area contributed by atoms with Gasteiger partial charge < -0.3 is 5.32 Å². The highest BCUT2D eigenvalue weighted by molar-refractivity contribution is 9.10. The summed E-state index contributed by atoms with van der Waals surface area (Å²) in [5, 5.41) is 2.85. The first-order chi connectivity index (χ1) is 8.24. The van der Waals surface area contributed by atoms with Crippen LogP contribution in [0.3, 0.4) is 0 Å². The summed E-state index contributed by atoms with van der Waals surface area (Å²) in [7, 11) is 0. The average Bonchev–Trinajstić information content (AvgIpc) is 2.29. The number of hydrogen-bond donors (Lipinski definition) is 1. The van der Waals surface area contributed by atoms with E-state index in [4.69, 9.17) is 0 Å². The summed E-state index contributed by atoms with van der Waals surface area (Å²) >= 11 is 3.25. The minimum atomic E-state index is -0.411. The van der Waals surface area contributed by atoms with Crippen molar-refractivity contribution in [1.82, 2.24) is 5.32 Å². The lowest BCUT2D eigenvalue weighted by Crippen LogP contribution is -2.37. The van der Waals surface area contributed by atoms with Gasteiger partial charge in [0.1, 0.15) is 5.82 Å². The zero-order valence-corrected chi connectivity index (χ0v) is 12.8. The Balaban J connectivity index is 2.75. The molecule has 0 fully saturated rings. The Morgan fingerprint density at radius 2 is 2.06 bits per heavy atom. The van der Waals surface area contributed by atoms with Gasteiger partial charge in [0.2, 0.25) is 0 Å². The summed E-state index contributed by atoms with van der Waals surface area (Å²) in [4.78, 5) is 12.0. The lowest BCUT2D eigenvalue weighted by molar-refractivity contribution is 0.0923. The molecule has 0 heterocycles. The summed E-state index contributed by atoms with van der Waals surface area (Å²) in [6.45, 7) is 8.98. The monoisotopic (exact) mass is 315 g/mol. The molecule has 1 amide bonds. The number of amides is 1. The normalized spacial score (nSPS) is 11.7. The highest BCUT2D eigenvalue weighted by atomic mass is 79.9. The van der Waals surface area contributed by atoms with Crippen LogP contribution < -0.4 is 5.32 Å². The lowest BCUT2D eigenvalue weighted by atomic mass is 9.81. The van der Waals surface area contributed by atoms with Gasteiger partial charge >= 0.3 is 0 Å². The fourth-order valence-electron chi connectivity index (χ4n) is 1.28. The van der Waals surface area contributed by atoms with Gasteiger partial charge in [-0.2, -0.15) is 0 Å². The number of hydrogen-bond acceptors (Lipinski definition) is 1. The number of rotatable bonds is 4. The van der Waals surface area contributed by atoms with Crippen LogP contribution in [0.15, 0.2) is 22.7 Å². The van der Waals surface area contributed by atoms with Gasteiger partial charge in [-0.25, -0.2) is 4.39 Å². The number of benzene rings is 1. The van der Waals surface area contributed by atoms with Crippen molar-refractivity contribution in [2.24, 2.45) is 11.3 Å². The Morgan fingerprint density at radius 1 is 1.44 bits per heavy atom. The van der Waals surface area contributed by atoms with Gasteiger partial charge in [0.15, 0.2) is 0 Å². The van der Waals surface area contributed by atoms with Crippen molar-refractivity contribution in [1.29, 1.82) is 0 Å². The topological polar surface area (TPSA) is 29.1 Å². The van der Waals surface area contributed by atoms with E-state index in [9.17, 15) is 9.18 Å². The third kappa shape index (κ3) is 3.80. The summed E-state index contributed by atoms with van der Waals surface area (Å²) < 4.78 is 13.7. The van der Waals surface area contributed by atoms with Crippen LogP contribution in [0.1, 0.15) is 38.1 Å². The summed E-state index contributed by atoms with van der Waals surface area (Å²) in [6, 6.07) is 4.10. The van der Waals surface area contributed by atoms with Gasteiger partial charge in [0.25, 0.3) is 5.91 Å². The maximum absolute atomic E-state index is 13.1. The molecule has 0 aliphatic heterocycles. The zero-order chi connectivity index (χ0) is 13.9.